The van der Waals surface area contributed by atoms with Gasteiger partial charge in [-0.05, 0) is 37.6 Å². The number of hydrogen-bond donors (Lipinski definition) is 2. The van der Waals surface area contributed by atoms with Crippen molar-refractivity contribution in [2.75, 3.05) is 31.6 Å². The van der Waals surface area contributed by atoms with Crippen molar-refractivity contribution in [2.45, 2.75) is 32.5 Å². The third kappa shape index (κ3) is 5.23. The van der Waals surface area contributed by atoms with E-state index in [1.165, 1.54) is 24.3 Å². The number of anilines is 1. The first-order valence-electron chi connectivity index (χ1n) is 12.6. The van der Waals surface area contributed by atoms with Gasteiger partial charge in [-0.25, -0.2) is 32.5 Å². The fraction of sp³-hybridized carbons (Fsp3) is 0.321. The summed E-state index contributed by atoms with van der Waals surface area (Å²) in [5.74, 6) is -1.11. The number of hydrogen-bond acceptors (Lipinski definition) is 8. The van der Waals surface area contributed by atoms with Crippen LogP contribution in [-0.2, 0) is 4.74 Å². The van der Waals surface area contributed by atoms with Gasteiger partial charge in [0, 0.05) is 30.4 Å². The molecule has 1 aromatic heterocycles. The summed E-state index contributed by atoms with van der Waals surface area (Å²) >= 11 is 0. The molecule has 5 rings (SSSR count). The lowest BCUT2D eigenvalue weighted by Gasteiger charge is -2.41. The molecule has 12 heteroatoms. The highest BCUT2D eigenvalue weighted by atomic mass is 19.3. The lowest BCUT2D eigenvalue weighted by Crippen LogP contribution is -2.56. The average molecular weight is 555 g/mol. The Bertz CT molecular complexity index is 1600. The van der Waals surface area contributed by atoms with Gasteiger partial charge in [0.25, 0.3) is 6.43 Å². The number of aliphatic hydroxyl groups excluding tert-OH is 1. The fourth-order valence-electron chi connectivity index (χ4n) is 4.95. The molecule has 2 N–H and O–H groups in total. The third-order valence-electron chi connectivity index (χ3n) is 6.85. The van der Waals surface area contributed by atoms with E-state index in [-0.39, 0.29) is 33.4 Å². The van der Waals surface area contributed by atoms with Crippen LogP contribution in [0.1, 0.15) is 47.5 Å². The van der Waals surface area contributed by atoms with E-state index < -0.39 is 35.9 Å². The van der Waals surface area contributed by atoms with Crippen LogP contribution in [0.5, 0.6) is 0 Å². The number of fused-ring (bicyclic) bond motifs is 1. The predicted molar refractivity (Wildman–Crippen MR) is 138 cm³/mol. The van der Waals surface area contributed by atoms with Crippen molar-refractivity contribution in [3.63, 3.8) is 0 Å². The molecule has 2 aliphatic heterocycles. The molecule has 1 unspecified atom stereocenters. The Labute approximate surface area is 227 Å². The first-order chi connectivity index (χ1) is 19.2. The zero-order valence-corrected chi connectivity index (χ0v) is 21.7. The molecular weight excluding hydrogens is 528 g/mol. The minimum absolute atomic E-state index is 0.0247. The lowest BCUT2D eigenvalue weighted by atomic mass is 9.98. The molecule has 1 fully saturated rings. The molecule has 208 valence electrons. The molecule has 8 nitrogen and oxygen atoms in total. The molecule has 40 heavy (non-hydrogen) atoms. The van der Waals surface area contributed by atoms with E-state index in [9.17, 15) is 27.9 Å². The van der Waals surface area contributed by atoms with Gasteiger partial charge in [-0.2, -0.15) is 5.26 Å². The minimum atomic E-state index is -2.97. The molecule has 0 amide bonds. The largest absolute Gasteiger partial charge is 0.379 e. The van der Waals surface area contributed by atoms with Crippen LogP contribution in [0, 0.1) is 29.9 Å². The van der Waals surface area contributed by atoms with E-state index in [2.05, 4.69) is 15.3 Å². The first-order valence-corrected chi connectivity index (χ1v) is 12.6. The maximum absolute atomic E-state index is 15.0. The van der Waals surface area contributed by atoms with Crippen LogP contribution in [0.4, 0.5) is 23.4 Å². The molecule has 0 saturated carbocycles. The summed E-state index contributed by atoms with van der Waals surface area (Å²) in [6.45, 7) is 5.00. The Balaban J connectivity index is 1.71. The summed E-state index contributed by atoms with van der Waals surface area (Å²) in [6, 6.07) is 8.74. The van der Waals surface area contributed by atoms with Gasteiger partial charge in [-0.15, -0.1) is 0 Å². The van der Waals surface area contributed by atoms with Gasteiger partial charge in [0.2, 0.25) is 0 Å². The molecule has 0 aliphatic carbocycles. The normalized spacial score (nSPS) is 18.2. The van der Waals surface area contributed by atoms with Gasteiger partial charge in [0.15, 0.2) is 6.23 Å². The van der Waals surface area contributed by atoms with E-state index >= 15 is 0 Å². The highest BCUT2D eigenvalue weighted by molar-refractivity contribution is 5.72. The number of hydrazine groups is 1. The molecule has 2 atom stereocenters. The number of rotatable bonds is 6. The van der Waals surface area contributed by atoms with Crippen LogP contribution < -0.4 is 15.9 Å². The maximum Gasteiger partial charge on any atom is 0.266 e. The number of halogens is 4. The van der Waals surface area contributed by atoms with Crippen molar-refractivity contribution in [3.05, 3.63) is 86.7 Å². The molecule has 1 saturated heterocycles. The van der Waals surface area contributed by atoms with Gasteiger partial charge in [-0.3, -0.25) is 5.01 Å². The molecule has 0 radical (unpaired) electrons. The second-order valence-electron chi connectivity index (χ2n) is 9.50. The third-order valence-corrected chi connectivity index (χ3v) is 6.85. The van der Waals surface area contributed by atoms with Crippen molar-refractivity contribution in [3.8, 4) is 6.07 Å². The summed E-state index contributed by atoms with van der Waals surface area (Å²) < 4.78 is 61.6. The lowest BCUT2D eigenvalue weighted by molar-refractivity contribution is -0.107. The van der Waals surface area contributed by atoms with E-state index in [1.807, 2.05) is 11.1 Å². The number of aromatic nitrogens is 2. The number of benzene rings is 2. The van der Waals surface area contributed by atoms with Crippen LogP contribution >= 0.6 is 0 Å². The van der Waals surface area contributed by atoms with Gasteiger partial charge < -0.3 is 15.2 Å². The number of alkyl halides is 2. The maximum atomic E-state index is 15.0. The SMILES string of the molecule is Cc1nc(N[C@H](C)c2cccc(C(F)F)c2F)c2c(n1)=C(c1cc(F)cc(C#N)c1)C(O)N(N1CCOCC1)C=2. The highest BCUT2D eigenvalue weighted by Gasteiger charge is 2.31. The second-order valence-corrected chi connectivity index (χ2v) is 9.50. The Kier molecular flexibility index (Phi) is 7.71. The van der Waals surface area contributed by atoms with E-state index in [1.54, 1.807) is 25.1 Å². The molecule has 3 aromatic rings. The van der Waals surface area contributed by atoms with E-state index in [0.29, 0.717) is 37.3 Å². The molecule has 0 bridgehead atoms. The van der Waals surface area contributed by atoms with Crippen molar-refractivity contribution >= 4 is 17.6 Å². The second kappa shape index (κ2) is 11.2. The van der Waals surface area contributed by atoms with Crippen LogP contribution in [-0.4, -0.2) is 57.6 Å². The number of morpholine rings is 1. The first kappa shape index (κ1) is 27.5. The topological polar surface area (TPSA) is 97.5 Å². The number of nitrogens with zero attached hydrogens (tertiary/aromatic N) is 5. The van der Waals surface area contributed by atoms with Crippen molar-refractivity contribution in [1.29, 1.82) is 5.26 Å². The monoisotopic (exact) mass is 554 g/mol. The van der Waals surface area contributed by atoms with Crippen LogP contribution in [0.25, 0.3) is 11.8 Å². The predicted octanol–water partition coefficient (Wildman–Crippen LogP) is 2.86. The van der Waals surface area contributed by atoms with Crippen molar-refractivity contribution in [1.82, 2.24) is 20.0 Å². The number of nitrogens with one attached hydrogen (secondary N) is 1. The molecule has 3 heterocycles. The summed E-state index contributed by atoms with van der Waals surface area (Å²) in [5, 5.41) is 28.3. The standard InChI is InChI=1S/C28H26F4N6O2/c1-15(20-4-3-5-21(24(20)30)26(31)32)34-27-22-14-38(37-6-8-40-9-7-37)28(39)23(25(22)35-16(2)36-27)18-10-17(13-33)11-19(29)12-18/h3-5,10-12,14-15,26,28,39H,6-9H2,1-2H3,(H,34,35,36)/t15-,28?/m1/s1. The summed E-state index contributed by atoms with van der Waals surface area (Å²) in [7, 11) is 0. The molecule has 0 spiro atoms. The Morgan fingerprint density at radius 1 is 1.12 bits per heavy atom. The van der Waals surface area contributed by atoms with Gasteiger partial charge in [0.05, 0.1) is 47.0 Å². The molecule has 2 aliphatic rings. The van der Waals surface area contributed by atoms with Gasteiger partial charge in [-0.1, -0.05) is 18.2 Å². The molecular formula is C28H26F4N6O2. The quantitative estimate of drug-likeness (QED) is 0.449. The zero-order chi connectivity index (χ0) is 28.6. The van der Waals surface area contributed by atoms with E-state index in [4.69, 9.17) is 4.74 Å². The number of ether oxygens (including phenoxy) is 1. The Hall–Kier alpha value is -4.05. The number of aryl methyl sites for hydroxylation is 1. The van der Waals surface area contributed by atoms with Crippen molar-refractivity contribution in [2.24, 2.45) is 0 Å². The Morgan fingerprint density at radius 3 is 2.55 bits per heavy atom. The number of nitriles is 1. The fourth-order valence-corrected chi connectivity index (χ4v) is 4.95. The number of aliphatic hydroxyl groups is 1. The summed E-state index contributed by atoms with van der Waals surface area (Å²) in [6.07, 6.45) is -2.63. The Morgan fingerprint density at radius 2 is 1.85 bits per heavy atom. The smallest absolute Gasteiger partial charge is 0.266 e. The zero-order valence-electron chi connectivity index (χ0n) is 21.7. The van der Waals surface area contributed by atoms with Crippen molar-refractivity contribution < 1.29 is 27.4 Å². The molecule has 2 aromatic carbocycles. The van der Waals surface area contributed by atoms with Crippen LogP contribution in [0.3, 0.4) is 0 Å². The van der Waals surface area contributed by atoms with E-state index in [0.717, 1.165) is 12.1 Å². The van der Waals surface area contributed by atoms with Crippen LogP contribution in [0.15, 0.2) is 36.4 Å². The van der Waals surface area contributed by atoms with Gasteiger partial charge in [0.1, 0.15) is 23.3 Å². The van der Waals surface area contributed by atoms with Gasteiger partial charge >= 0.3 is 0 Å². The summed E-state index contributed by atoms with van der Waals surface area (Å²) in [5.41, 5.74) is -0.112. The average Bonchev–Trinajstić information content (AvgIpc) is 2.92. The minimum Gasteiger partial charge on any atom is -0.379 e. The highest BCUT2D eigenvalue weighted by Crippen LogP contribution is 2.29. The summed E-state index contributed by atoms with van der Waals surface area (Å²) in [4.78, 5) is 9.06. The van der Waals surface area contributed by atoms with Crippen LogP contribution in [0.2, 0.25) is 0 Å².